The van der Waals surface area contributed by atoms with Gasteiger partial charge in [0.15, 0.2) is 0 Å². The second-order valence-corrected chi connectivity index (χ2v) is 12.8. The summed E-state index contributed by atoms with van der Waals surface area (Å²) in [6.07, 6.45) is 0. The molecule has 10 rings (SSSR count). The van der Waals surface area contributed by atoms with Gasteiger partial charge >= 0.3 is 0 Å². The van der Waals surface area contributed by atoms with Gasteiger partial charge in [-0.15, -0.1) is 0 Å². The highest BCUT2D eigenvalue weighted by molar-refractivity contribution is 6.28. The van der Waals surface area contributed by atoms with Crippen molar-refractivity contribution in [2.45, 2.75) is 5.92 Å². The first kappa shape index (κ1) is 26.3. The maximum atomic E-state index is 2.48. The summed E-state index contributed by atoms with van der Waals surface area (Å²) in [7, 11) is 0. The van der Waals surface area contributed by atoms with Gasteiger partial charge in [-0.1, -0.05) is 152 Å². The molecule has 0 bridgehead atoms. The van der Waals surface area contributed by atoms with Gasteiger partial charge in [0.25, 0.3) is 0 Å². The average Bonchev–Trinajstić information content (AvgIpc) is 3.50. The molecule has 0 nitrogen and oxygen atoms in total. The highest BCUT2D eigenvalue weighted by Crippen LogP contribution is 2.56. The number of fused-ring (bicyclic) bond motifs is 5. The molecule has 0 fully saturated rings. The molecule has 0 radical (unpaired) electrons. The lowest BCUT2D eigenvalue weighted by molar-refractivity contribution is 1.03. The molecule has 218 valence electrons. The largest absolute Gasteiger partial charge is 0.0622 e. The van der Waals surface area contributed by atoms with Crippen molar-refractivity contribution in [2.24, 2.45) is 0 Å². The fourth-order valence-corrected chi connectivity index (χ4v) is 8.20. The van der Waals surface area contributed by atoms with Crippen LogP contribution in [0.3, 0.4) is 0 Å². The Hall–Kier alpha value is -5.98. The molecule has 0 aliphatic heterocycles. The number of hydrogen-bond acceptors (Lipinski definition) is 0. The smallest absolute Gasteiger partial charge is 0.0358 e. The molecule has 9 aromatic carbocycles. The maximum absolute atomic E-state index is 2.48. The predicted molar refractivity (Wildman–Crippen MR) is 199 cm³/mol. The zero-order chi connectivity index (χ0) is 30.9. The standard InChI is InChI=1S/C47H30/c1-4-12-30(13-5-1)36-26-37(31-14-6-2-7-15-31)28-38(27-36)35-24-25-39-42(29-35)45(32-16-8-3-9-17-32)47-41-21-11-19-34-23-22-33-18-10-20-40(46(39)47)43(33)44(34)41/h1-29,45H. The van der Waals surface area contributed by atoms with Crippen LogP contribution in [-0.2, 0) is 0 Å². The zero-order valence-corrected chi connectivity index (χ0v) is 25.8. The van der Waals surface area contributed by atoms with Gasteiger partial charge < -0.3 is 0 Å². The Kier molecular flexibility index (Phi) is 5.74. The average molecular weight is 595 g/mol. The predicted octanol–water partition coefficient (Wildman–Crippen LogP) is 12.7. The zero-order valence-electron chi connectivity index (χ0n) is 25.8. The summed E-state index contributed by atoms with van der Waals surface area (Å²) in [5.74, 6) is 0.140. The quantitative estimate of drug-likeness (QED) is 0.178. The Morgan fingerprint density at radius 3 is 1.49 bits per heavy atom. The number of benzene rings is 9. The molecule has 0 saturated heterocycles. The van der Waals surface area contributed by atoms with Crippen molar-refractivity contribution >= 4 is 32.3 Å². The van der Waals surface area contributed by atoms with Crippen molar-refractivity contribution in [3.8, 4) is 44.5 Å². The third kappa shape index (κ3) is 4.02. The van der Waals surface area contributed by atoms with E-state index in [1.54, 1.807) is 0 Å². The van der Waals surface area contributed by atoms with Crippen LogP contribution in [0.15, 0.2) is 176 Å². The van der Waals surface area contributed by atoms with E-state index in [4.69, 9.17) is 0 Å². The monoisotopic (exact) mass is 594 g/mol. The Bertz CT molecular complexity index is 2540. The van der Waals surface area contributed by atoms with E-state index in [2.05, 4.69) is 176 Å². The lowest BCUT2D eigenvalue weighted by atomic mass is 9.83. The molecule has 0 aromatic heterocycles. The van der Waals surface area contributed by atoms with Crippen molar-refractivity contribution in [1.29, 1.82) is 0 Å². The van der Waals surface area contributed by atoms with E-state index in [-0.39, 0.29) is 5.92 Å². The van der Waals surface area contributed by atoms with Crippen molar-refractivity contribution < 1.29 is 0 Å². The van der Waals surface area contributed by atoms with Crippen LogP contribution in [0.25, 0.3) is 76.8 Å². The molecule has 1 aliphatic carbocycles. The second kappa shape index (κ2) is 10.3. The lowest BCUT2D eigenvalue weighted by Crippen LogP contribution is -2.01. The van der Waals surface area contributed by atoms with Gasteiger partial charge in [0.2, 0.25) is 0 Å². The summed E-state index contributed by atoms with van der Waals surface area (Å²) in [6, 6.07) is 65.1. The van der Waals surface area contributed by atoms with Gasteiger partial charge in [0.05, 0.1) is 0 Å². The Balaban J connectivity index is 1.26. The Morgan fingerprint density at radius 1 is 0.340 bits per heavy atom. The van der Waals surface area contributed by atoms with Crippen molar-refractivity contribution in [3.05, 3.63) is 193 Å². The van der Waals surface area contributed by atoms with E-state index >= 15 is 0 Å². The molecule has 1 atom stereocenters. The van der Waals surface area contributed by atoms with Crippen LogP contribution in [0.1, 0.15) is 22.6 Å². The van der Waals surface area contributed by atoms with Crippen LogP contribution >= 0.6 is 0 Å². The molecule has 1 aliphatic rings. The molecule has 0 amide bonds. The molecule has 1 unspecified atom stereocenters. The van der Waals surface area contributed by atoms with Crippen molar-refractivity contribution in [1.82, 2.24) is 0 Å². The van der Waals surface area contributed by atoms with Gasteiger partial charge in [-0.3, -0.25) is 0 Å². The molecular formula is C47H30. The van der Waals surface area contributed by atoms with E-state index in [1.807, 2.05) is 0 Å². The minimum atomic E-state index is 0.140. The minimum Gasteiger partial charge on any atom is -0.0622 e. The molecule has 0 N–H and O–H groups in total. The molecule has 47 heavy (non-hydrogen) atoms. The highest BCUT2D eigenvalue weighted by Gasteiger charge is 2.34. The Morgan fingerprint density at radius 2 is 0.872 bits per heavy atom. The number of rotatable bonds is 4. The molecule has 0 heteroatoms. The minimum absolute atomic E-state index is 0.140. The molecular weight excluding hydrogens is 565 g/mol. The third-order valence-electron chi connectivity index (χ3n) is 10.2. The number of hydrogen-bond donors (Lipinski definition) is 0. The highest BCUT2D eigenvalue weighted by atomic mass is 14.4. The first-order valence-corrected chi connectivity index (χ1v) is 16.5. The Labute approximate surface area is 274 Å². The summed E-state index contributed by atoms with van der Waals surface area (Å²) in [5, 5.41) is 8.10. The van der Waals surface area contributed by atoms with E-state index < -0.39 is 0 Å². The van der Waals surface area contributed by atoms with Gasteiger partial charge in [-0.25, -0.2) is 0 Å². The molecule has 0 spiro atoms. The fourth-order valence-electron chi connectivity index (χ4n) is 8.20. The van der Waals surface area contributed by atoms with Crippen LogP contribution in [0.5, 0.6) is 0 Å². The van der Waals surface area contributed by atoms with Crippen LogP contribution in [0.4, 0.5) is 0 Å². The van der Waals surface area contributed by atoms with Crippen LogP contribution in [-0.4, -0.2) is 0 Å². The van der Waals surface area contributed by atoms with Gasteiger partial charge in [0, 0.05) is 5.92 Å². The first-order valence-electron chi connectivity index (χ1n) is 16.5. The normalized spacial score (nSPS) is 13.7. The van der Waals surface area contributed by atoms with Gasteiger partial charge in [-0.05, 0) is 118 Å². The second-order valence-electron chi connectivity index (χ2n) is 12.8. The van der Waals surface area contributed by atoms with E-state index in [0.717, 1.165) is 0 Å². The van der Waals surface area contributed by atoms with Gasteiger partial charge in [0.1, 0.15) is 0 Å². The van der Waals surface area contributed by atoms with E-state index in [1.165, 1.54) is 93.5 Å². The first-order chi connectivity index (χ1) is 23.3. The third-order valence-corrected chi connectivity index (χ3v) is 10.2. The fraction of sp³-hybridized carbons (Fsp3) is 0.0213. The lowest BCUT2D eigenvalue weighted by Gasteiger charge is -2.20. The van der Waals surface area contributed by atoms with Crippen LogP contribution in [0, 0.1) is 0 Å². The summed E-state index contributed by atoms with van der Waals surface area (Å²) in [6.45, 7) is 0. The maximum Gasteiger partial charge on any atom is 0.0358 e. The summed E-state index contributed by atoms with van der Waals surface area (Å²) < 4.78 is 0. The van der Waals surface area contributed by atoms with Crippen molar-refractivity contribution in [2.75, 3.05) is 0 Å². The molecule has 9 aromatic rings. The van der Waals surface area contributed by atoms with E-state index in [9.17, 15) is 0 Å². The van der Waals surface area contributed by atoms with Crippen LogP contribution in [0.2, 0.25) is 0 Å². The van der Waals surface area contributed by atoms with Crippen molar-refractivity contribution in [3.63, 3.8) is 0 Å². The topological polar surface area (TPSA) is 0 Å². The summed E-state index contributed by atoms with van der Waals surface area (Å²) in [4.78, 5) is 0. The molecule has 0 heterocycles. The summed E-state index contributed by atoms with van der Waals surface area (Å²) >= 11 is 0. The van der Waals surface area contributed by atoms with Crippen LogP contribution < -0.4 is 0 Å². The summed E-state index contributed by atoms with van der Waals surface area (Å²) in [5.41, 5.74) is 14.3. The van der Waals surface area contributed by atoms with E-state index in [0.29, 0.717) is 0 Å². The molecule has 0 saturated carbocycles. The van der Waals surface area contributed by atoms with Gasteiger partial charge in [-0.2, -0.15) is 0 Å². The SMILES string of the molecule is c1ccc(-c2cc(-c3ccccc3)cc(-c3ccc4c(c3)C(c3ccccc3)c3c-4c4cccc5ccc6cccc3c6c54)c2)cc1.